The number of rotatable bonds is 5. The molecule has 2 aromatic carbocycles. The molecule has 2 heterocycles. The van der Waals surface area contributed by atoms with Crippen LogP contribution in [0.5, 0.6) is 0 Å². The Morgan fingerprint density at radius 1 is 1.17 bits per heavy atom. The zero-order chi connectivity index (χ0) is 21.3. The van der Waals surface area contributed by atoms with Crippen molar-refractivity contribution < 1.29 is 19.5 Å². The van der Waals surface area contributed by atoms with Crippen molar-refractivity contribution in [3.8, 4) is 0 Å². The number of nitrogens with zero attached hydrogens (tertiary/aromatic N) is 1. The van der Waals surface area contributed by atoms with Crippen LogP contribution >= 0.6 is 0 Å². The molecular formula is C23H23N3O4. The van der Waals surface area contributed by atoms with Gasteiger partial charge in [0.1, 0.15) is 6.04 Å². The molecule has 4 rings (SSSR count). The second-order valence-corrected chi connectivity index (χ2v) is 7.51. The van der Waals surface area contributed by atoms with E-state index in [-0.39, 0.29) is 12.3 Å². The van der Waals surface area contributed by atoms with Crippen molar-refractivity contribution in [2.75, 3.05) is 6.54 Å². The highest BCUT2D eigenvalue weighted by molar-refractivity contribution is 6.03. The lowest BCUT2D eigenvalue weighted by atomic mass is 10.0. The van der Waals surface area contributed by atoms with Crippen LogP contribution < -0.4 is 10.6 Å². The van der Waals surface area contributed by atoms with Crippen molar-refractivity contribution in [1.82, 2.24) is 15.2 Å². The van der Waals surface area contributed by atoms with Gasteiger partial charge < -0.3 is 15.7 Å². The first-order valence-electron chi connectivity index (χ1n) is 9.93. The van der Waals surface area contributed by atoms with Crippen molar-refractivity contribution in [1.29, 1.82) is 0 Å². The summed E-state index contributed by atoms with van der Waals surface area (Å²) in [5.74, 6) is -1.56. The van der Waals surface area contributed by atoms with Gasteiger partial charge in [-0.1, -0.05) is 30.3 Å². The molecule has 0 saturated heterocycles. The molecule has 154 valence electrons. The molecule has 0 saturated carbocycles. The number of nitrogens with one attached hydrogen (secondary N) is 2. The van der Waals surface area contributed by atoms with E-state index in [9.17, 15) is 14.4 Å². The van der Waals surface area contributed by atoms with E-state index in [0.717, 1.165) is 40.7 Å². The lowest BCUT2D eigenvalue weighted by Gasteiger charge is -2.16. The quantitative estimate of drug-likeness (QED) is 0.605. The van der Waals surface area contributed by atoms with Gasteiger partial charge in [0.2, 0.25) is 5.91 Å². The lowest BCUT2D eigenvalue weighted by Crippen LogP contribution is -2.38. The molecule has 7 heteroatoms. The predicted octanol–water partition coefficient (Wildman–Crippen LogP) is 2.37. The topological polar surface area (TPSA) is 100 Å². The fourth-order valence-electron chi connectivity index (χ4n) is 3.91. The second-order valence-electron chi connectivity index (χ2n) is 7.51. The standard InChI is InChI=1S/C23H23N3O4/c1-14(23(29)30)25-22(28)16-7-8-19-18(12-16)17-9-10-24-13-20(17)26(19)21(27)11-15-5-3-2-4-6-15/h2-8,12,14,24H,9-11,13H2,1H3,(H,25,28)(H,29,30). The Bertz CT molecular complexity index is 1130. The molecule has 30 heavy (non-hydrogen) atoms. The van der Waals surface area contributed by atoms with Gasteiger partial charge >= 0.3 is 5.97 Å². The number of aliphatic carboxylic acids is 1. The molecule has 1 atom stereocenters. The van der Waals surface area contributed by atoms with E-state index in [2.05, 4.69) is 10.6 Å². The first-order chi connectivity index (χ1) is 14.5. The number of carboxylic acid groups (broad SMARTS) is 1. The van der Waals surface area contributed by atoms with Crippen molar-refractivity contribution in [2.45, 2.75) is 32.4 Å². The van der Waals surface area contributed by atoms with Crippen LogP contribution in [0.15, 0.2) is 48.5 Å². The summed E-state index contributed by atoms with van der Waals surface area (Å²) < 4.78 is 1.76. The van der Waals surface area contributed by atoms with Crippen LogP contribution in [0, 0.1) is 0 Å². The summed E-state index contributed by atoms with van der Waals surface area (Å²) >= 11 is 0. The average Bonchev–Trinajstić information content (AvgIpc) is 3.08. The molecule has 0 fully saturated rings. The van der Waals surface area contributed by atoms with E-state index in [1.54, 1.807) is 22.8 Å². The maximum absolute atomic E-state index is 13.2. The lowest BCUT2D eigenvalue weighted by molar-refractivity contribution is -0.138. The SMILES string of the molecule is CC(NC(=O)c1ccc2c(c1)c1c(n2C(=O)Cc2ccccc2)CNCC1)C(=O)O. The van der Waals surface area contributed by atoms with E-state index in [4.69, 9.17) is 5.11 Å². The van der Waals surface area contributed by atoms with E-state index < -0.39 is 17.9 Å². The number of amides is 1. The maximum atomic E-state index is 13.2. The zero-order valence-electron chi connectivity index (χ0n) is 16.6. The normalized spacial score (nSPS) is 14.2. The molecular weight excluding hydrogens is 382 g/mol. The number of carbonyl (C=O) groups is 3. The summed E-state index contributed by atoms with van der Waals surface area (Å²) in [6, 6.07) is 13.8. The number of benzene rings is 2. The van der Waals surface area contributed by atoms with Crippen LogP contribution in [-0.4, -0.2) is 40.0 Å². The van der Waals surface area contributed by atoms with Gasteiger partial charge in [0, 0.05) is 23.2 Å². The Hall–Kier alpha value is -3.45. The predicted molar refractivity (Wildman–Crippen MR) is 113 cm³/mol. The van der Waals surface area contributed by atoms with Crippen LogP contribution in [0.2, 0.25) is 0 Å². The maximum Gasteiger partial charge on any atom is 0.325 e. The monoisotopic (exact) mass is 405 g/mol. The van der Waals surface area contributed by atoms with E-state index >= 15 is 0 Å². The second kappa shape index (κ2) is 8.12. The van der Waals surface area contributed by atoms with Crippen LogP contribution in [0.1, 0.15) is 38.9 Å². The molecule has 3 aromatic rings. The Kier molecular flexibility index (Phi) is 5.37. The number of hydrogen-bond donors (Lipinski definition) is 3. The summed E-state index contributed by atoms with van der Waals surface area (Å²) in [6.45, 7) is 2.80. The van der Waals surface area contributed by atoms with Gasteiger partial charge in [0.25, 0.3) is 5.91 Å². The van der Waals surface area contributed by atoms with Gasteiger partial charge in [-0.25, -0.2) is 0 Å². The summed E-state index contributed by atoms with van der Waals surface area (Å²) in [5.41, 5.74) is 4.08. The molecule has 1 aromatic heterocycles. The molecule has 0 spiro atoms. The van der Waals surface area contributed by atoms with Crippen molar-refractivity contribution in [3.05, 3.63) is 70.9 Å². The van der Waals surface area contributed by atoms with Crippen LogP contribution in [0.4, 0.5) is 0 Å². The van der Waals surface area contributed by atoms with Gasteiger partial charge in [0.05, 0.1) is 11.9 Å². The largest absolute Gasteiger partial charge is 0.480 e. The molecule has 1 unspecified atom stereocenters. The third-order valence-electron chi connectivity index (χ3n) is 5.45. The highest BCUT2D eigenvalue weighted by Gasteiger charge is 2.24. The van der Waals surface area contributed by atoms with E-state index in [1.165, 1.54) is 6.92 Å². The number of carbonyl (C=O) groups excluding carboxylic acids is 2. The first-order valence-corrected chi connectivity index (χ1v) is 9.93. The highest BCUT2D eigenvalue weighted by atomic mass is 16.4. The minimum atomic E-state index is -1.09. The summed E-state index contributed by atoms with van der Waals surface area (Å²) in [6.07, 6.45) is 1.05. The third kappa shape index (κ3) is 3.71. The van der Waals surface area contributed by atoms with Gasteiger partial charge in [0.15, 0.2) is 0 Å². The molecule has 7 nitrogen and oxygen atoms in total. The number of hydrogen-bond acceptors (Lipinski definition) is 4. The molecule has 0 radical (unpaired) electrons. The zero-order valence-corrected chi connectivity index (χ0v) is 16.6. The van der Waals surface area contributed by atoms with E-state index in [1.807, 2.05) is 30.3 Å². The highest BCUT2D eigenvalue weighted by Crippen LogP contribution is 2.30. The molecule has 1 aliphatic rings. The van der Waals surface area contributed by atoms with Crippen LogP contribution in [-0.2, 0) is 24.2 Å². The van der Waals surface area contributed by atoms with Crippen molar-refractivity contribution >= 4 is 28.7 Å². The van der Waals surface area contributed by atoms with Crippen LogP contribution in [0.3, 0.4) is 0 Å². The van der Waals surface area contributed by atoms with Crippen LogP contribution in [0.25, 0.3) is 10.9 Å². The average molecular weight is 405 g/mol. The van der Waals surface area contributed by atoms with Crippen molar-refractivity contribution in [3.63, 3.8) is 0 Å². The Morgan fingerprint density at radius 2 is 1.93 bits per heavy atom. The van der Waals surface area contributed by atoms with Gasteiger partial charge in [-0.15, -0.1) is 0 Å². The summed E-state index contributed by atoms with van der Waals surface area (Å²) in [4.78, 5) is 36.7. The fourth-order valence-corrected chi connectivity index (χ4v) is 3.91. The third-order valence-corrected chi connectivity index (χ3v) is 5.45. The van der Waals surface area contributed by atoms with E-state index in [0.29, 0.717) is 12.1 Å². The number of aromatic nitrogens is 1. The minimum absolute atomic E-state index is 0.0205. The molecule has 1 aliphatic heterocycles. The number of carboxylic acids is 1. The van der Waals surface area contributed by atoms with Crippen molar-refractivity contribution in [2.24, 2.45) is 0 Å². The molecule has 1 amide bonds. The Labute approximate surface area is 173 Å². The molecule has 3 N–H and O–H groups in total. The van der Waals surface area contributed by atoms with Gasteiger partial charge in [-0.05, 0) is 49.2 Å². The Balaban J connectivity index is 1.74. The number of fused-ring (bicyclic) bond motifs is 3. The van der Waals surface area contributed by atoms with Gasteiger partial charge in [-0.2, -0.15) is 0 Å². The smallest absolute Gasteiger partial charge is 0.325 e. The summed E-state index contributed by atoms with van der Waals surface area (Å²) in [5, 5.41) is 15.7. The van der Waals surface area contributed by atoms with Gasteiger partial charge in [-0.3, -0.25) is 19.0 Å². The molecule has 0 bridgehead atoms. The molecule has 0 aliphatic carbocycles. The fraction of sp³-hybridized carbons (Fsp3) is 0.261. The first kappa shape index (κ1) is 19.8. The minimum Gasteiger partial charge on any atom is -0.480 e. The summed E-state index contributed by atoms with van der Waals surface area (Å²) in [7, 11) is 0. The Morgan fingerprint density at radius 3 is 2.67 bits per heavy atom.